The number of hydrogen-bond donors (Lipinski definition) is 2. The van der Waals surface area contributed by atoms with E-state index in [2.05, 4.69) is 17.2 Å². The number of nitrogen functional groups attached to an aromatic ring is 1. The highest BCUT2D eigenvalue weighted by Gasteiger charge is 2.26. The van der Waals surface area contributed by atoms with Gasteiger partial charge in [-0.1, -0.05) is 36.4 Å². The molecule has 188 valence electrons. The van der Waals surface area contributed by atoms with Crippen LogP contribution in [0.1, 0.15) is 35.2 Å². The van der Waals surface area contributed by atoms with E-state index in [1.807, 2.05) is 35.2 Å². The Labute approximate surface area is 214 Å². The summed E-state index contributed by atoms with van der Waals surface area (Å²) in [4.78, 5) is 13.6. The minimum Gasteiger partial charge on any atom is -0.394 e. The highest BCUT2D eigenvalue weighted by Crippen LogP contribution is 2.34. The van der Waals surface area contributed by atoms with E-state index in [0.717, 1.165) is 32.4 Å². The molecule has 0 saturated carbocycles. The summed E-state index contributed by atoms with van der Waals surface area (Å²) in [5.41, 5.74) is 8.32. The van der Waals surface area contributed by atoms with Gasteiger partial charge in [0.25, 0.3) is 5.69 Å². The summed E-state index contributed by atoms with van der Waals surface area (Å²) < 4.78 is 1.26. The van der Waals surface area contributed by atoms with Crippen molar-refractivity contribution in [1.29, 1.82) is 10.5 Å². The van der Waals surface area contributed by atoms with Crippen LogP contribution in [0.15, 0.2) is 48.5 Å². The molecule has 3 aromatic rings. The Morgan fingerprint density at radius 2 is 1.95 bits per heavy atom. The molecule has 1 saturated heterocycles. The van der Waals surface area contributed by atoms with Crippen molar-refractivity contribution in [2.24, 2.45) is 5.92 Å². The largest absolute Gasteiger partial charge is 0.394 e. The van der Waals surface area contributed by atoms with E-state index in [1.54, 1.807) is 12.1 Å². The van der Waals surface area contributed by atoms with Crippen molar-refractivity contribution < 1.29 is 10.0 Å². The molecule has 1 aromatic heterocycles. The number of allylic oxidation sites excluding steroid dienone is 1. The number of nitro benzene ring substituents is 1. The van der Waals surface area contributed by atoms with Gasteiger partial charge in [0.2, 0.25) is 0 Å². The van der Waals surface area contributed by atoms with Gasteiger partial charge >= 0.3 is 0 Å². The SMILES string of the molecule is N#C/C(=C\c1ccc(N2CCC(Cc3ccccc3)CC2)c([N+](=O)[O-])c1)c1nn(CCO)c(N)c1C#N. The number of aromatic nitrogens is 2. The van der Waals surface area contributed by atoms with E-state index >= 15 is 0 Å². The van der Waals surface area contributed by atoms with Crippen molar-refractivity contribution in [2.75, 3.05) is 30.3 Å². The van der Waals surface area contributed by atoms with Crippen LogP contribution in [0, 0.1) is 38.7 Å². The average Bonchev–Trinajstić information content (AvgIpc) is 3.23. The fraction of sp³-hybridized carbons (Fsp3) is 0.296. The minimum absolute atomic E-state index is 0.0192. The summed E-state index contributed by atoms with van der Waals surface area (Å²) in [6.07, 6.45) is 4.35. The zero-order valence-corrected chi connectivity index (χ0v) is 20.2. The van der Waals surface area contributed by atoms with Gasteiger partial charge in [-0.15, -0.1) is 0 Å². The third-order valence-corrected chi connectivity index (χ3v) is 6.62. The molecule has 0 amide bonds. The van der Waals surface area contributed by atoms with E-state index in [4.69, 9.17) is 5.73 Å². The summed E-state index contributed by atoms with van der Waals surface area (Å²) in [5.74, 6) is 0.579. The quantitative estimate of drug-likeness (QED) is 0.270. The topological polar surface area (TPSA) is 158 Å². The molecule has 37 heavy (non-hydrogen) atoms. The Hall–Kier alpha value is -4.67. The molecule has 2 aromatic carbocycles. The Morgan fingerprint density at radius 1 is 1.22 bits per heavy atom. The summed E-state index contributed by atoms with van der Waals surface area (Å²) in [7, 11) is 0. The molecule has 10 heteroatoms. The van der Waals surface area contributed by atoms with Crippen LogP contribution in [0.4, 0.5) is 17.2 Å². The Bertz CT molecular complexity index is 1390. The van der Waals surface area contributed by atoms with Crippen LogP contribution < -0.4 is 10.6 Å². The molecule has 3 N–H and O–H groups in total. The number of hydrogen-bond acceptors (Lipinski definition) is 8. The molecule has 0 atom stereocenters. The Kier molecular flexibility index (Phi) is 7.82. The van der Waals surface area contributed by atoms with Crippen molar-refractivity contribution in [1.82, 2.24) is 9.78 Å². The smallest absolute Gasteiger partial charge is 0.293 e. The Morgan fingerprint density at radius 3 is 2.57 bits per heavy atom. The van der Waals surface area contributed by atoms with Crippen LogP contribution in [0.3, 0.4) is 0 Å². The first kappa shape index (κ1) is 25.4. The lowest BCUT2D eigenvalue weighted by Crippen LogP contribution is -2.34. The summed E-state index contributed by atoms with van der Waals surface area (Å²) >= 11 is 0. The molecule has 4 rings (SSSR count). The lowest BCUT2D eigenvalue weighted by molar-refractivity contribution is -0.384. The van der Waals surface area contributed by atoms with E-state index in [-0.39, 0.29) is 41.5 Å². The standard InChI is InChI=1S/C27H27N7O3/c28-17-22(26-23(18-29)27(30)33(31-26)12-13-35)15-21-6-7-24(25(16-21)34(36)37)32-10-8-20(9-11-32)14-19-4-2-1-3-5-19/h1-7,15-16,20,35H,8-14,30H2/b22-15+. The number of aliphatic hydroxyl groups is 1. The number of nitrogens with two attached hydrogens (primary N) is 1. The summed E-state index contributed by atoms with van der Waals surface area (Å²) in [5, 5.41) is 44.6. The molecular weight excluding hydrogens is 470 g/mol. The lowest BCUT2D eigenvalue weighted by Gasteiger charge is -2.33. The van der Waals surface area contributed by atoms with E-state index in [0.29, 0.717) is 17.2 Å². The molecule has 1 aliphatic heterocycles. The van der Waals surface area contributed by atoms with Crippen molar-refractivity contribution >= 4 is 28.8 Å². The molecule has 1 aliphatic rings. The molecule has 0 bridgehead atoms. The fourth-order valence-electron chi connectivity index (χ4n) is 4.73. The van der Waals surface area contributed by atoms with Gasteiger partial charge in [0.1, 0.15) is 34.9 Å². The average molecular weight is 498 g/mol. The zero-order valence-electron chi connectivity index (χ0n) is 20.2. The third kappa shape index (κ3) is 5.61. The van der Waals surface area contributed by atoms with Gasteiger partial charge in [-0.25, -0.2) is 4.68 Å². The van der Waals surface area contributed by atoms with E-state index in [9.17, 15) is 25.7 Å². The number of anilines is 2. The van der Waals surface area contributed by atoms with Gasteiger partial charge in [-0.2, -0.15) is 15.6 Å². The third-order valence-electron chi connectivity index (χ3n) is 6.62. The van der Waals surface area contributed by atoms with Gasteiger partial charge in [-0.3, -0.25) is 10.1 Å². The number of benzene rings is 2. The molecule has 1 fully saturated rings. The molecular formula is C27H27N7O3. The van der Waals surface area contributed by atoms with Crippen LogP contribution in [0.25, 0.3) is 11.6 Å². The highest BCUT2D eigenvalue weighted by atomic mass is 16.6. The molecule has 10 nitrogen and oxygen atoms in total. The van der Waals surface area contributed by atoms with Gasteiger partial charge < -0.3 is 15.7 Å². The van der Waals surface area contributed by atoms with Crippen LogP contribution in [-0.2, 0) is 13.0 Å². The first-order valence-electron chi connectivity index (χ1n) is 12.0. The highest BCUT2D eigenvalue weighted by molar-refractivity contribution is 5.92. The number of piperidine rings is 1. The monoisotopic (exact) mass is 497 g/mol. The van der Waals surface area contributed by atoms with Gasteiger partial charge in [0.05, 0.1) is 23.6 Å². The van der Waals surface area contributed by atoms with Crippen LogP contribution in [0.5, 0.6) is 0 Å². The number of rotatable bonds is 8. The normalized spacial score (nSPS) is 14.2. The maximum Gasteiger partial charge on any atom is 0.293 e. The predicted molar refractivity (Wildman–Crippen MR) is 140 cm³/mol. The number of nitrogens with zero attached hydrogens (tertiary/aromatic N) is 6. The Balaban J connectivity index is 1.57. The maximum atomic E-state index is 12.0. The minimum atomic E-state index is -0.413. The first-order valence-corrected chi connectivity index (χ1v) is 12.0. The van der Waals surface area contributed by atoms with Crippen LogP contribution >= 0.6 is 0 Å². The van der Waals surface area contributed by atoms with Crippen molar-refractivity contribution in [3.05, 3.63) is 81.0 Å². The van der Waals surface area contributed by atoms with Gasteiger partial charge in [0.15, 0.2) is 0 Å². The number of nitriles is 2. The summed E-state index contributed by atoms with van der Waals surface area (Å²) in [6, 6.07) is 19.2. The van der Waals surface area contributed by atoms with E-state index < -0.39 is 4.92 Å². The number of aliphatic hydroxyl groups excluding tert-OH is 1. The van der Waals surface area contributed by atoms with Crippen molar-refractivity contribution in [3.8, 4) is 12.1 Å². The lowest BCUT2D eigenvalue weighted by atomic mass is 9.90. The van der Waals surface area contributed by atoms with Crippen molar-refractivity contribution in [2.45, 2.75) is 25.8 Å². The second kappa shape index (κ2) is 11.4. The molecule has 0 spiro atoms. The maximum absolute atomic E-state index is 12.0. The van der Waals surface area contributed by atoms with E-state index in [1.165, 1.54) is 22.4 Å². The second-order valence-corrected chi connectivity index (χ2v) is 8.96. The molecule has 0 radical (unpaired) electrons. The fourth-order valence-corrected chi connectivity index (χ4v) is 4.73. The van der Waals surface area contributed by atoms with Gasteiger partial charge in [-0.05, 0) is 48.4 Å². The zero-order chi connectivity index (χ0) is 26.4. The summed E-state index contributed by atoms with van der Waals surface area (Å²) in [6.45, 7) is 1.29. The predicted octanol–water partition coefficient (Wildman–Crippen LogP) is 3.76. The van der Waals surface area contributed by atoms with Crippen LogP contribution in [-0.4, -0.2) is 39.5 Å². The number of nitro groups is 1. The molecule has 0 unspecified atom stereocenters. The molecule has 2 heterocycles. The van der Waals surface area contributed by atoms with Gasteiger partial charge in [0, 0.05) is 19.2 Å². The first-order chi connectivity index (χ1) is 17.9. The second-order valence-electron chi connectivity index (χ2n) is 8.96. The molecule has 0 aliphatic carbocycles. The van der Waals surface area contributed by atoms with Crippen LogP contribution in [0.2, 0.25) is 0 Å². The van der Waals surface area contributed by atoms with Crippen molar-refractivity contribution in [3.63, 3.8) is 0 Å².